The molecular formula is C26H43N3O4. The van der Waals surface area contributed by atoms with Crippen LogP contribution in [0.15, 0.2) is 24.3 Å². The maximum Gasteiger partial charge on any atom is 0.408 e. The van der Waals surface area contributed by atoms with Crippen molar-refractivity contribution in [2.24, 2.45) is 5.92 Å². The lowest BCUT2D eigenvalue weighted by Crippen LogP contribution is -2.60. The molecule has 0 aliphatic rings. The Bertz CT molecular complexity index is 835. The second-order valence-electron chi connectivity index (χ2n) is 11.2. The van der Waals surface area contributed by atoms with Gasteiger partial charge in [0.15, 0.2) is 0 Å². The molecule has 2 N–H and O–H groups in total. The minimum atomic E-state index is -0.863. The molecule has 0 saturated heterocycles. The number of ether oxygens (including phenoxy) is 1. The number of amides is 3. The number of aryl methyl sites for hydroxylation is 1. The summed E-state index contributed by atoms with van der Waals surface area (Å²) in [5, 5.41) is 5.71. The highest BCUT2D eigenvalue weighted by atomic mass is 16.6. The predicted molar refractivity (Wildman–Crippen MR) is 132 cm³/mol. The van der Waals surface area contributed by atoms with E-state index in [9.17, 15) is 14.4 Å². The van der Waals surface area contributed by atoms with E-state index in [1.165, 1.54) is 0 Å². The highest BCUT2D eigenvalue weighted by Gasteiger charge is 2.43. The van der Waals surface area contributed by atoms with Crippen molar-refractivity contribution in [3.63, 3.8) is 0 Å². The summed E-state index contributed by atoms with van der Waals surface area (Å²) in [6, 6.07) is 5.75. The fourth-order valence-electron chi connectivity index (χ4n) is 3.60. The van der Waals surface area contributed by atoms with Gasteiger partial charge in [0.05, 0.1) is 0 Å². The first-order valence-corrected chi connectivity index (χ1v) is 11.6. The Morgan fingerprint density at radius 3 is 1.88 bits per heavy atom. The van der Waals surface area contributed by atoms with E-state index in [4.69, 9.17) is 4.74 Å². The lowest BCUT2D eigenvalue weighted by molar-refractivity contribution is -0.149. The summed E-state index contributed by atoms with van der Waals surface area (Å²) in [5.41, 5.74) is 0.253. The van der Waals surface area contributed by atoms with Crippen molar-refractivity contribution in [1.82, 2.24) is 15.5 Å². The van der Waals surface area contributed by atoms with Crippen molar-refractivity contribution in [1.29, 1.82) is 0 Å². The van der Waals surface area contributed by atoms with Gasteiger partial charge in [0.25, 0.3) is 0 Å². The second-order valence-corrected chi connectivity index (χ2v) is 11.2. The van der Waals surface area contributed by atoms with Crippen molar-refractivity contribution in [2.75, 3.05) is 0 Å². The number of hydrogen-bond acceptors (Lipinski definition) is 4. The van der Waals surface area contributed by atoms with E-state index in [-0.39, 0.29) is 23.8 Å². The van der Waals surface area contributed by atoms with Crippen LogP contribution in [0.5, 0.6) is 0 Å². The van der Waals surface area contributed by atoms with Gasteiger partial charge in [-0.2, -0.15) is 0 Å². The average molecular weight is 462 g/mol. The Balaban J connectivity index is 3.56. The molecule has 33 heavy (non-hydrogen) atoms. The van der Waals surface area contributed by atoms with Crippen molar-refractivity contribution < 1.29 is 19.1 Å². The van der Waals surface area contributed by atoms with Crippen LogP contribution in [0.4, 0.5) is 4.79 Å². The molecule has 0 bridgehead atoms. The van der Waals surface area contributed by atoms with Crippen LogP contribution in [0, 0.1) is 12.8 Å². The van der Waals surface area contributed by atoms with Crippen molar-refractivity contribution in [3.05, 3.63) is 35.4 Å². The predicted octanol–water partition coefficient (Wildman–Crippen LogP) is 4.74. The van der Waals surface area contributed by atoms with Gasteiger partial charge < -0.3 is 20.3 Å². The number of carbonyl (C=O) groups is 3. The van der Waals surface area contributed by atoms with Crippen molar-refractivity contribution >= 4 is 17.9 Å². The molecule has 0 aliphatic heterocycles. The van der Waals surface area contributed by atoms with Gasteiger partial charge in [-0.05, 0) is 79.4 Å². The number of nitrogens with one attached hydrogen (secondary N) is 2. The summed E-state index contributed by atoms with van der Waals surface area (Å²) < 4.78 is 5.40. The van der Waals surface area contributed by atoms with Crippen molar-refractivity contribution in [2.45, 2.75) is 105 Å². The van der Waals surface area contributed by atoms with Gasteiger partial charge >= 0.3 is 6.09 Å². The largest absolute Gasteiger partial charge is 0.444 e. The maximum atomic E-state index is 14.0. The minimum absolute atomic E-state index is 0.0956. The van der Waals surface area contributed by atoms with Gasteiger partial charge in [0.1, 0.15) is 17.7 Å². The smallest absolute Gasteiger partial charge is 0.408 e. The number of carbonyl (C=O) groups excluding carboxylic acids is 3. The van der Waals surface area contributed by atoms with Crippen LogP contribution in [0.3, 0.4) is 0 Å². The molecule has 0 radical (unpaired) electrons. The van der Waals surface area contributed by atoms with Gasteiger partial charge in [0.2, 0.25) is 11.8 Å². The highest BCUT2D eigenvalue weighted by Crippen LogP contribution is 2.32. The van der Waals surface area contributed by atoms with Crippen LogP contribution in [-0.2, 0) is 14.3 Å². The molecular weight excluding hydrogens is 418 g/mol. The molecule has 1 rings (SSSR count). The van der Waals surface area contributed by atoms with Crippen LogP contribution in [0.2, 0.25) is 0 Å². The Morgan fingerprint density at radius 2 is 1.45 bits per heavy atom. The molecule has 1 aromatic carbocycles. The maximum absolute atomic E-state index is 14.0. The molecule has 0 aliphatic carbocycles. The lowest BCUT2D eigenvalue weighted by atomic mass is 9.91. The SMILES string of the molecule is Cc1ccccc1C(C(=O)NC(C)C)N(C(=O)C(NC(=O)OC(C)(C)C)C(C)C)C(C)(C)C. The number of hydrogen-bond donors (Lipinski definition) is 2. The Morgan fingerprint density at radius 1 is 0.909 bits per heavy atom. The van der Waals surface area contributed by atoms with Crippen molar-refractivity contribution in [3.8, 4) is 0 Å². The second kappa shape index (κ2) is 11.0. The molecule has 3 amide bonds. The lowest BCUT2D eigenvalue weighted by Gasteiger charge is -2.44. The van der Waals surface area contributed by atoms with E-state index in [1.807, 2.05) is 79.7 Å². The normalized spacial score (nSPS) is 14.0. The molecule has 0 saturated carbocycles. The average Bonchev–Trinajstić information content (AvgIpc) is 2.61. The zero-order valence-electron chi connectivity index (χ0n) is 22.2. The van der Waals surface area contributed by atoms with Gasteiger partial charge in [-0.25, -0.2) is 4.79 Å². The molecule has 2 atom stereocenters. The van der Waals surface area contributed by atoms with E-state index >= 15 is 0 Å². The van der Waals surface area contributed by atoms with Crippen LogP contribution >= 0.6 is 0 Å². The first-order chi connectivity index (χ1) is 15.0. The number of nitrogens with zero attached hydrogens (tertiary/aromatic N) is 1. The van der Waals surface area contributed by atoms with E-state index < -0.39 is 29.3 Å². The van der Waals surface area contributed by atoms with E-state index in [0.717, 1.165) is 11.1 Å². The van der Waals surface area contributed by atoms with Crippen LogP contribution in [-0.4, -0.2) is 46.0 Å². The monoisotopic (exact) mass is 461 g/mol. The minimum Gasteiger partial charge on any atom is -0.444 e. The van der Waals surface area contributed by atoms with E-state index in [0.29, 0.717) is 0 Å². The molecule has 0 fully saturated rings. The van der Waals surface area contributed by atoms with Gasteiger partial charge in [-0.3, -0.25) is 9.59 Å². The third kappa shape index (κ3) is 8.37. The zero-order chi connectivity index (χ0) is 25.7. The molecule has 2 unspecified atom stereocenters. The Labute approximate surface area is 199 Å². The summed E-state index contributed by atoms with van der Waals surface area (Å²) in [6.07, 6.45) is -0.664. The molecule has 0 spiro atoms. The van der Waals surface area contributed by atoms with Crippen LogP contribution in [0.1, 0.15) is 86.4 Å². The molecule has 1 aromatic rings. The number of alkyl carbamates (subject to hydrolysis) is 1. The number of rotatable bonds is 7. The summed E-state index contributed by atoms with van der Waals surface area (Å²) >= 11 is 0. The summed E-state index contributed by atoms with van der Waals surface area (Å²) in [4.78, 5) is 41.6. The summed E-state index contributed by atoms with van der Waals surface area (Å²) in [6.45, 7) is 20.4. The van der Waals surface area contributed by atoms with Gasteiger partial charge in [-0.1, -0.05) is 38.1 Å². The van der Waals surface area contributed by atoms with E-state index in [1.54, 1.807) is 25.7 Å². The quantitative estimate of drug-likeness (QED) is 0.614. The standard InChI is InChI=1S/C26H43N3O4/c1-16(2)20(28-24(32)33-26(9,10)11)23(31)29(25(6,7)8)21(22(30)27-17(3)4)19-15-13-12-14-18(19)5/h12-17,20-21H,1-11H3,(H,27,30)(H,28,32). The fourth-order valence-corrected chi connectivity index (χ4v) is 3.60. The molecule has 0 aromatic heterocycles. The first-order valence-electron chi connectivity index (χ1n) is 11.6. The third-order valence-corrected chi connectivity index (χ3v) is 4.99. The summed E-state index contributed by atoms with van der Waals surface area (Å²) in [5.74, 6) is -0.821. The number of benzene rings is 1. The van der Waals surface area contributed by atoms with Gasteiger partial charge in [-0.15, -0.1) is 0 Å². The molecule has 0 heterocycles. The zero-order valence-corrected chi connectivity index (χ0v) is 22.2. The first kappa shape index (κ1) is 28.5. The van der Waals surface area contributed by atoms with E-state index in [2.05, 4.69) is 10.6 Å². The Hall–Kier alpha value is -2.57. The van der Waals surface area contributed by atoms with Crippen LogP contribution < -0.4 is 10.6 Å². The highest BCUT2D eigenvalue weighted by molar-refractivity contribution is 5.93. The summed E-state index contributed by atoms with van der Waals surface area (Å²) in [7, 11) is 0. The topological polar surface area (TPSA) is 87.7 Å². The Kier molecular flexibility index (Phi) is 9.52. The third-order valence-electron chi connectivity index (χ3n) is 4.99. The fraction of sp³-hybridized carbons (Fsp3) is 0.654. The molecule has 7 heteroatoms. The van der Waals surface area contributed by atoms with Gasteiger partial charge in [0, 0.05) is 11.6 Å². The molecule has 7 nitrogen and oxygen atoms in total. The van der Waals surface area contributed by atoms with Crippen LogP contribution in [0.25, 0.3) is 0 Å². The molecule has 186 valence electrons.